The van der Waals surface area contributed by atoms with Crippen molar-refractivity contribution >= 4 is 57.5 Å². The van der Waals surface area contributed by atoms with Gasteiger partial charge in [-0.1, -0.05) is 182 Å². The third-order valence-corrected chi connectivity index (χ3v) is 15.7. The lowest BCUT2D eigenvalue weighted by atomic mass is 9.70. The van der Waals surface area contributed by atoms with Gasteiger partial charge >= 0.3 is 0 Å². The number of aryl methyl sites for hydroxylation is 2. The molecule has 11 aromatic rings. The molecular formula is C73H58N2O2. The fourth-order valence-electron chi connectivity index (χ4n) is 11.9. The van der Waals surface area contributed by atoms with E-state index in [1.165, 1.54) is 55.3 Å². The average molecular weight is 995 g/mol. The average Bonchev–Trinajstić information content (AvgIpc) is 4.00. The van der Waals surface area contributed by atoms with Gasteiger partial charge in [0.15, 0.2) is 0 Å². The van der Waals surface area contributed by atoms with Gasteiger partial charge in [-0.15, -0.1) is 0 Å². The minimum absolute atomic E-state index is 0.306. The molecular weight excluding hydrogens is 937 g/mol. The van der Waals surface area contributed by atoms with Crippen LogP contribution in [0.1, 0.15) is 68.7 Å². The number of hydrogen-bond donors (Lipinski definition) is 0. The first kappa shape index (κ1) is 48.6. The first-order valence-electron chi connectivity index (χ1n) is 26.9. The van der Waals surface area contributed by atoms with Crippen LogP contribution in [0.5, 0.6) is 0 Å². The highest BCUT2D eigenvalue weighted by Gasteiger charge is 2.43. The van der Waals surface area contributed by atoms with Crippen molar-refractivity contribution in [3.05, 3.63) is 300 Å². The lowest BCUT2D eigenvalue weighted by Gasteiger charge is -2.34. The maximum absolute atomic E-state index is 12.2. The smallest absolute Gasteiger partial charge is 0.150 e. The predicted octanol–water partition coefficient (Wildman–Crippen LogP) is 19.1. The molecule has 4 nitrogen and oxygen atoms in total. The molecule has 0 N–H and O–H groups in total. The Morgan fingerprint density at radius 2 is 0.792 bits per heavy atom. The monoisotopic (exact) mass is 994 g/mol. The molecule has 0 radical (unpaired) electrons. The predicted molar refractivity (Wildman–Crippen MR) is 320 cm³/mol. The van der Waals surface area contributed by atoms with E-state index < -0.39 is 0 Å². The third-order valence-electron chi connectivity index (χ3n) is 15.7. The van der Waals surface area contributed by atoms with E-state index in [-0.39, 0.29) is 5.41 Å². The summed E-state index contributed by atoms with van der Waals surface area (Å²) in [7, 11) is 0. The number of carbonyl (C=O) groups excluding carboxylic acids is 2. The van der Waals surface area contributed by atoms with Crippen LogP contribution >= 0.6 is 0 Å². The third kappa shape index (κ3) is 9.90. The minimum Gasteiger partial charge on any atom is -0.310 e. The number of rotatable bonds is 18. The number of hydrogen-bond acceptors (Lipinski definition) is 4. The largest absolute Gasteiger partial charge is 0.310 e. The maximum atomic E-state index is 12.2. The lowest BCUT2D eigenvalue weighted by molar-refractivity contribution is 0.111. The lowest BCUT2D eigenvalue weighted by Crippen LogP contribution is -2.26. The van der Waals surface area contributed by atoms with Gasteiger partial charge in [0, 0.05) is 50.4 Å². The molecule has 0 unspecified atom stereocenters. The van der Waals surface area contributed by atoms with Gasteiger partial charge in [0.05, 0.1) is 5.69 Å². The Bertz CT molecular complexity index is 3780. The minimum atomic E-state index is -0.306. The summed E-state index contributed by atoms with van der Waals surface area (Å²) in [6.45, 7) is 0. The van der Waals surface area contributed by atoms with Gasteiger partial charge in [-0.25, -0.2) is 0 Å². The Morgan fingerprint density at radius 1 is 0.338 bits per heavy atom. The molecule has 0 aliphatic heterocycles. The van der Waals surface area contributed by atoms with Crippen LogP contribution < -0.4 is 9.80 Å². The topological polar surface area (TPSA) is 40.6 Å². The second-order valence-corrected chi connectivity index (χ2v) is 20.3. The summed E-state index contributed by atoms with van der Waals surface area (Å²) >= 11 is 0. The number of para-hydroxylation sites is 1. The van der Waals surface area contributed by atoms with Crippen LogP contribution in [0.2, 0.25) is 0 Å². The summed E-state index contributed by atoms with van der Waals surface area (Å²) in [5.74, 6) is 0. The highest BCUT2D eigenvalue weighted by molar-refractivity contribution is 5.99. The molecule has 0 amide bonds. The highest BCUT2D eigenvalue weighted by Crippen LogP contribution is 2.56. The summed E-state index contributed by atoms with van der Waals surface area (Å²) < 4.78 is 0. The molecule has 0 spiro atoms. The highest BCUT2D eigenvalue weighted by atomic mass is 16.1. The van der Waals surface area contributed by atoms with Gasteiger partial charge in [-0.2, -0.15) is 0 Å². The Labute approximate surface area is 452 Å². The summed E-state index contributed by atoms with van der Waals surface area (Å²) in [6, 6.07) is 95.2. The molecule has 77 heavy (non-hydrogen) atoms. The van der Waals surface area contributed by atoms with E-state index >= 15 is 0 Å². The zero-order valence-electron chi connectivity index (χ0n) is 43.0. The molecule has 1 aliphatic rings. The zero-order chi connectivity index (χ0) is 52.0. The normalized spacial score (nSPS) is 12.2. The second kappa shape index (κ2) is 21.8. The summed E-state index contributed by atoms with van der Waals surface area (Å²) in [4.78, 5) is 28.6. The van der Waals surface area contributed by atoms with Crippen LogP contribution in [0.4, 0.5) is 34.1 Å². The number of anilines is 6. The van der Waals surface area contributed by atoms with Crippen LogP contribution in [0.25, 0.3) is 44.2 Å². The van der Waals surface area contributed by atoms with Gasteiger partial charge in [0.2, 0.25) is 0 Å². The zero-order valence-corrected chi connectivity index (χ0v) is 43.0. The maximum Gasteiger partial charge on any atom is 0.150 e. The van der Waals surface area contributed by atoms with Crippen LogP contribution in [-0.4, -0.2) is 12.6 Å². The molecule has 11 aromatic carbocycles. The van der Waals surface area contributed by atoms with E-state index in [0.717, 1.165) is 96.3 Å². The number of aldehydes is 2. The van der Waals surface area contributed by atoms with E-state index in [0.29, 0.717) is 11.1 Å². The van der Waals surface area contributed by atoms with Gasteiger partial charge in [0.25, 0.3) is 0 Å². The van der Waals surface area contributed by atoms with Crippen LogP contribution in [0, 0.1) is 0 Å². The number of fused-ring (bicyclic) bond motifs is 4. The molecule has 1 aliphatic carbocycles. The first-order valence-corrected chi connectivity index (χ1v) is 26.9. The van der Waals surface area contributed by atoms with Crippen molar-refractivity contribution in [3.8, 4) is 33.4 Å². The summed E-state index contributed by atoms with van der Waals surface area (Å²) in [5.41, 5.74) is 19.7. The van der Waals surface area contributed by atoms with Crippen LogP contribution in [-0.2, 0) is 18.3 Å². The molecule has 0 heterocycles. The second-order valence-electron chi connectivity index (χ2n) is 20.3. The number of carbonyl (C=O) groups is 2. The van der Waals surface area contributed by atoms with Gasteiger partial charge in [-0.3, -0.25) is 9.59 Å². The van der Waals surface area contributed by atoms with E-state index in [2.05, 4.69) is 234 Å². The fourth-order valence-corrected chi connectivity index (χ4v) is 11.9. The van der Waals surface area contributed by atoms with Gasteiger partial charge < -0.3 is 9.80 Å². The molecule has 12 rings (SSSR count). The van der Waals surface area contributed by atoms with Crippen molar-refractivity contribution in [2.75, 3.05) is 9.80 Å². The van der Waals surface area contributed by atoms with Crippen LogP contribution in [0.15, 0.2) is 267 Å². The first-order chi connectivity index (χ1) is 38.0. The van der Waals surface area contributed by atoms with E-state index in [1.807, 2.05) is 42.5 Å². The van der Waals surface area contributed by atoms with Crippen molar-refractivity contribution in [1.29, 1.82) is 0 Å². The van der Waals surface area contributed by atoms with Gasteiger partial charge in [-0.05, 0) is 184 Å². The molecule has 0 aromatic heterocycles. The Kier molecular flexibility index (Phi) is 13.8. The van der Waals surface area contributed by atoms with Crippen molar-refractivity contribution in [3.63, 3.8) is 0 Å². The van der Waals surface area contributed by atoms with E-state index in [1.54, 1.807) is 0 Å². The molecule has 0 saturated carbocycles. The van der Waals surface area contributed by atoms with Gasteiger partial charge in [0.1, 0.15) is 12.6 Å². The quantitative estimate of drug-likeness (QED) is 0.0803. The number of benzene rings is 11. The fraction of sp³-hybridized carbons (Fsp3) is 0.0959. The Hall–Kier alpha value is -9.38. The number of nitrogens with zero attached hydrogens (tertiary/aromatic N) is 2. The Balaban J connectivity index is 0.926. The van der Waals surface area contributed by atoms with Crippen molar-refractivity contribution in [2.24, 2.45) is 0 Å². The molecule has 372 valence electrons. The summed E-state index contributed by atoms with van der Waals surface area (Å²) in [5, 5.41) is 2.42. The molecule has 0 saturated heterocycles. The molecule has 0 atom stereocenters. The van der Waals surface area contributed by atoms with E-state index in [4.69, 9.17) is 0 Å². The van der Waals surface area contributed by atoms with E-state index in [9.17, 15) is 9.59 Å². The standard InChI is InChI=1S/C73H58N2O2/c76-51-55-30-39-63(40-31-55)74(65-27-12-20-56(48-65)52-77)66-43-45-69-68-44-38-61(49-70(68)73(71(69)50-66,46-14-21-53-16-4-1-5-17-53)47-15-22-54-18-6-2-7-19-54)59-34-32-57(33-35-59)58-36-41-64(42-37-58)75(62-25-8-3-9-26-62)72-29-13-24-60-23-10-11-28-67(60)72/h1-13,16-20,23-45,48-52H,14-15,21-22,46-47H2. The summed E-state index contributed by atoms with van der Waals surface area (Å²) in [6.07, 6.45) is 7.70. The molecule has 0 fully saturated rings. The van der Waals surface area contributed by atoms with Crippen molar-refractivity contribution < 1.29 is 9.59 Å². The van der Waals surface area contributed by atoms with Crippen molar-refractivity contribution in [1.82, 2.24) is 0 Å². The molecule has 4 heteroatoms. The van der Waals surface area contributed by atoms with Crippen LogP contribution in [0.3, 0.4) is 0 Å². The molecule has 0 bridgehead atoms. The SMILES string of the molecule is O=Cc1ccc(N(c2cccc(C=O)c2)c2ccc3c(c2)C(CCCc2ccccc2)(CCCc2ccccc2)c2cc(-c4ccc(-c5ccc(N(c6ccccc6)c6cccc7ccccc67)cc5)cc4)ccc2-3)cc1. The Morgan fingerprint density at radius 3 is 1.44 bits per heavy atom. The van der Waals surface area contributed by atoms with Crippen molar-refractivity contribution in [2.45, 2.75) is 43.9 Å².